The Morgan fingerprint density at radius 1 is 1.06 bits per heavy atom. The van der Waals surface area contributed by atoms with E-state index in [1.165, 1.54) is 0 Å². The quantitative estimate of drug-likeness (QED) is 0.688. The van der Waals surface area contributed by atoms with Crippen molar-refractivity contribution in [1.29, 1.82) is 0 Å². The van der Waals surface area contributed by atoms with E-state index in [-0.39, 0.29) is 22.4 Å². The van der Waals surface area contributed by atoms with Gasteiger partial charge in [0.05, 0.1) is 0 Å². The Hall–Kier alpha value is -0.570. The summed E-state index contributed by atoms with van der Waals surface area (Å²) in [5.41, 5.74) is 4.77. The lowest BCUT2D eigenvalue weighted by molar-refractivity contribution is -0.139. The maximum Gasteiger partial charge on any atom is 0.243 e. The third-order valence-corrected chi connectivity index (χ3v) is 4.71. The molecule has 1 fully saturated rings. The molecule has 0 aromatic carbocycles. The summed E-state index contributed by atoms with van der Waals surface area (Å²) in [6.07, 6.45) is 0. The fourth-order valence-corrected chi connectivity index (χ4v) is 2.81. The van der Waals surface area contributed by atoms with Crippen molar-refractivity contribution < 1.29 is 4.79 Å². The van der Waals surface area contributed by atoms with Gasteiger partial charge in [-0.05, 0) is 41.5 Å². The molecule has 1 heterocycles. The lowest BCUT2D eigenvalue weighted by Crippen LogP contribution is -2.56. The summed E-state index contributed by atoms with van der Waals surface area (Å²) in [5, 5.41) is 0. The molecule has 3 nitrogen and oxygen atoms in total. The van der Waals surface area contributed by atoms with Crippen molar-refractivity contribution in [2.45, 2.75) is 72.0 Å². The highest BCUT2D eigenvalue weighted by Gasteiger charge is 2.65. The molecule has 94 valence electrons. The fraction of sp³-hybridized carbons (Fsp3) is 0.923. The van der Waals surface area contributed by atoms with Crippen molar-refractivity contribution in [3.05, 3.63) is 0 Å². The van der Waals surface area contributed by atoms with E-state index >= 15 is 0 Å². The smallest absolute Gasteiger partial charge is 0.243 e. The number of nitrogens with zero attached hydrogens (tertiary/aromatic N) is 1. The van der Waals surface area contributed by atoms with Crippen LogP contribution >= 0.6 is 0 Å². The van der Waals surface area contributed by atoms with E-state index in [4.69, 9.17) is 5.73 Å². The minimum atomic E-state index is -0.802. The molecule has 1 saturated heterocycles. The van der Waals surface area contributed by atoms with Crippen LogP contribution in [0.5, 0.6) is 0 Å². The van der Waals surface area contributed by atoms with Crippen LogP contribution in [-0.4, -0.2) is 27.4 Å². The van der Waals surface area contributed by atoms with Gasteiger partial charge in [-0.1, -0.05) is 13.8 Å². The normalized spacial score (nSPS) is 33.3. The summed E-state index contributed by atoms with van der Waals surface area (Å²) < 4.78 is 0. The third kappa shape index (κ3) is 1.33. The van der Waals surface area contributed by atoms with Crippen molar-refractivity contribution in [1.82, 2.24) is 4.90 Å². The fourth-order valence-electron chi connectivity index (χ4n) is 2.81. The van der Waals surface area contributed by atoms with Gasteiger partial charge in [-0.25, -0.2) is 0 Å². The maximum absolute atomic E-state index is 12.5. The summed E-state index contributed by atoms with van der Waals surface area (Å²) in [7, 11) is 0. The second-order valence-corrected chi connectivity index (χ2v) is 7.20. The number of likely N-dealkylation sites (tertiary alicyclic amines) is 1. The van der Waals surface area contributed by atoms with E-state index in [1.807, 2.05) is 11.8 Å². The van der Waals surface area contributed by atoms with Crippen LogP contribution in [-0.2, 0) is 4.79 Å². The van der Waals surface area contributed by atoms with Crippen molar-refractivity contribution in [3.8, 4) is 0 Å². The van der Waals surface area contributed by atoms with Gasteiger partial charge in [-0.15, -0.1) is 0 Å². The average Bonchev–Trinajstić information content (AvgIpc) is 2.06. The molecular weight excluding hydrogens is 200 g/mol. The predicted molar refractivity (Wildman–Crippen MR) is 67.1 cm³/mol. The van der Waals surface area contributed by atoms with E-state index in [1.54, 1.807) is 0 Å². The molecule has 3 heteroatoms. The number of hydrogen-bond donors (Lipinski definition) is 1. The van der Waals surface area contributed by atoms with Crippen LogP contribution < -0.4 is 5.73 Å². The van der Waals surface area contributed by atoms with Gasteiger partial charge in [-0.3, -0.25) is 4.79 Å². The highest BCUT2D eigenvalue weighted by atomic mass is 16.2. The Morgan fingerprint density at radius 3 is 1.56 bits per heavy atom. The number of carbonyl (C=O) groups excluding carboxylic acids is 1. The first-order valence-electron chi connectivity index (χ1n) is 5.91. The first-order chi connectivity index (χ1) is 6.78. The highest BCUT2D eigenvalue weighted by molar-refractivity contribution is 5.91. The Kier molecular flexibility index (Phi) is 2.53. The van der Waals surface area contributed by atoms with Crippen LogP contribution in [0.15, 0.2) is 0 Å². The highest BCUT2D eigenvalue weighted by Crippen LogP contribution is 2.52. The second-order valence-electron chi connectivity index (χ2n) is 7.20. The van der Waals surface area contributed by atoms with Crippen LogP contribution in [0.3, 0.4) is 0 Å². The summed E-state index contributed by atoms with van der Waals surface area (Å²) in [6, 6.07) is 0. The van der Waals surface area contributed by atoms with E-state index in [0.29, 0.717) is 0 Å². The van der Waals surface area contributed by atoms with Gasteiger partial charge in [0.25, 0.3) is 0 Å². The maximum atomic E-state index is 12.5. The Labute approximate surface area is 99.4 Å². The molecule has 0 spiro atoms. The molecule has 1 amide bonds. The van der Waals surface area contributed by atoms with Crippen LogP contribution in [0, 0.1) is 5.41 Å². The van der Waals surface area contributed by atoms with Gasteiger partial charge in [0.2, 0.25) is 5.91 Å². The molecule has 1 aliphatic rings. The SMILES string of the molecule is CC(C)(C)N1C(=O)C(C)(N)C(C)(C)C1(C)C. The monoisotopic (exact) mass is 226 g/mol. The van der Waals surface area contributed by atoms with E-state index in [9.17, 15) is 4.79 Å². The first-order valence-corrected chi connectivity index (χ1v) is 5.91. The van der Waals surface area contributed by atoms with Crippen molar-refractivity contribution in [2.75, 3.05) is 0 Å². The Morgan fingerprint density at radius 2 is 1.44 bits per heavy atom. The summed E-state index contributed by atoms with van der Waals surface area (Å²) in [6.45, 7) is 16.4. The van der Waals surface area contributed by atoms with Crippen LogP contribution in [0.2, 0.25) is 0 Å². The topological polar surface area (TPSA) is 46.3 Å². The Balaban J connectivity index is 3.42. The van der Waals surface area contributed by atoms with Gasteiger partial charge >= 0.3 is 0 Å². The lowest BCUT2D eigenvalue weighted by Gasteiger charge is -2.48. The molecule has 0 radical (unpaired) electrons. The molecule has 1 unspecified atom stereocenters. The van der Waals surface area contributed by atoms with Crippen molar-refractivity contribution in [2.24, 2.45) is 11.1 Å². The number of rotatable bonds is 0. The van der Waals surface area contributed by atoms with Gasteiger partial charge in [0.1, 0.15) is 5.54 Å². The number of hydrogen-bond acceptors (Lipinski definition) is 2. The molecule has 0 aliphatic carbocycles. The molecule has 1 atom stereocenters. The molecule has 0 aromatic heterocycles. The van der Waals surface area contributed by atoms with Gasteiger partial charge < -0.3 is 10.6 Å². The molecular formula is C13H26N2O. The largest absolute Gasteiger partial charge is 0.331 e. The van der Waals surface area contributed by atoms with Gasteiger partial charge in [0.15, 0.2) is 0 Å². The number of amides is 1. The number of nitrogens with two attached hydrogens (primary N) is 1. The summed E-state index contributed by atoms with van der Waals surface area (Å²) >= 11 is 0. The zero-order valence-corrected chi connectivity index (χ0v) is 11.9. The molecule has 0 saturated carbocycles. The van der Waals surface area contributed by atoms with E-state index in [2.05, 4.69) is 48.5 Å². The van der Waals surface area contributed by atoms with Crippen LogP contribution in [0.4, 0.5) is 0 Å². The first kappa shape index (κ1) is 13.5. The second kappa shape index (κ2) is 3.00. The lowest BCUT2D eigenvalue weighted by atomic mass is 9.66. The Bertz CT molecular complexity index is 321. The molecule has 1 rings (SSSR count). The summed E-state index contributed by atoms with van der Waals surface area (Å²) in [5.74, 6) is 0.0509. The third-order valence-electron chi connectivity index (χ3n) is 4.71. The predicted octanol–water partition coefficient (Wildman–Crippen LogP) is 2.15. The van der Waals surface area contributed by atoms with Gasteiger partial charge in [-0.2, -0.15) is 0 Å². The average molecular weight is 226 g/mol. The molecule has 0 bridgehead atoms. The van der Waals surface area contributed by atoms with Crippen molar-refractivity contribution in [3.63, 3.8) is 0 Å². The number of carbonyl (C=O) groups is 1. The zero-order valence-electron chi connectivity index (χ0n) is 11.9. The van der Waals surface area contributed by atoms with E-state index in [0.717, 1.165) is 0 Å². The molecule has 2 N–H and O–H groups in total. The van der Waals surface area contributed by atoms with E-state index < -0.39 is 5.54 Å². The van der Waals surface area contributed by atoms with Crippen LogP contribution in [0.25, 0.3) is 0 Å². The summed E-state index contributed by atoms with van der Waals surface area (Å²) in [4.78, 5) is 14.5. The standard InChI is InChI=1S/C13H26N2O/c1-10(2,3)15-9(16)13(8,14)11(4,5)12(15,6)7/h14H2,1-8H3. The van der Waals surface area contributed by atoms with Crippen LogP contribution in [0.1, 0.15) is 55.4 Å². The zero-order chi connectivity index (χ0) is 13.2. The molecule has 0 aromatic rings. The van der Waals surface area contributed by atoms with Crippen molar-refractivity contribution >= 4 is 5.91 Å². The minimum Gasteiger partial charge on any atom is -0.331 e. The molecule has 1 aliphatic heterocycles. The minimum absolute atomic E-state index is 0.0509. The molecule has 16 heavy (non-hydrogen) atoms. The van der Waals surface area contributed by atoms with Gasteiger partial charge in [0, 0.05) is 16.5 Å².